The highest BCUT2D eigenvalue weighted by atomic mass is 79.9. The van der Waals surface area contributed by atoms with Gasteiger partial charge in [0.25, 0.3) is 5.91 Å². The smallest absolute Gasteiger partial charge is 0.339 e. The minimum absolute atomic E-state index is 0.00120. The summed E-state index contributed by atoms with van der Waals surface area (Å²) in [5, 5.41) is 12.4. The highest BCUT2D eigenvalue weighted by Gasteiger charge is 2.22. The first-order valence-corrected chi connectivity index (χ1v) is 13.2. The van der Waals surface area contributed by atoms with Crippen LogP contribution in [0.25, 0.3) is 6.08 Å². The molecule has 0 aliphatic carbocycles. The van der Waals surface area contributed by atoms with Gasteiger partial charge in [0.2, 0.25) is 0 Å². The lowest BCUT2D eigenvalue weighted by atomic mass is 10.1. The van der Waals surface area contributed by atoms with Gasteiger partial charge in [0.1, 0.15) is 16.5 Å². The van der Waals surface area contributed by atoms with Crippen molar-refractivity contribution < 1.29 is 22.1 Å². The number of anilines is 1. The summed E-state index contributed by atoms with van der Waals surface area (Å²) in [4.78, 5) is 12.8. The van der Waals surface area contributed by atoms with Crippen molar-refractivity contribution in [2.24, 2.45) is 0 Å². The summed E-state index contributed by atoms with van der Waals surface area (Å²) in [7, 11) is -4.13. The Kier molecular flexibility index (Phi) is 8.56. The van der Waals surface area contributed by atoms with Gasteiger partial charge in [-0.05, 0) is 96.7 Å². The third-order valence-corrected chi connectivity index (χ3v) is 6.98. The number of ether oxygens (including phenoxy) is 1. The van der Waals surface area contributed by atoms with Gasteiger partial charge in [-0.15, -0.1) is 0 Å². The zero-order valence-corrected chi connectivity index (χ0v) is 22.7. The Hall–Kier alpha value is -3.61. The van der Waals surface area contributed by atoms with Crippen molar-refractivity contribution in [2.45, 2.75) is 32.6 Å². The minimum Gasteiger partial charge on any atom is -0.490 e. The highest BCUT2D eigenvalue weighted by molar-refractivity contribution is 9.10. The summed E-state index contributed by atoms with van der Waals surface area (Å²) in [6, 6.07) is 16.9. The van der Waals surface area contributed by atoms with Crippen molar-refractivity contribution in [3.05, 3.63) is 86.9 Å². The molecule has 0 heterocycles. The lowest BCUT2D eigenvalue weighted by Crippen LogP contribution is -2.14. The van der Waals surface area contributed by atoms with Gasteiger partial charge in [0, 0.05) is 5.69 Å². The SMILES string of the molecule is CCOc1cc(/C=C(\C#N)C(=O)Nc2cc(C)ccc2C)cc(Br)c1OS(=O)(=O)c1ccc(C)cc1. The van der Waals surface area contributed by atoms with Gasteiger partial charge in [-0.2, -0.15) is 13.7 Å². The molecule has 3 aromatic rings. The number of benzene rings is 3. The standard InChI is InChI=1S/C27H25BrN2O5S/c1-5-34-25-15-20(13-21(16-29)27(31)30-24-12-18(3)6-9-19(24)4)14-23(28)26(25)35-36(32,33)22-10-7-17(2)8-11-22/h6-15H,5H2,1-4H3,(H,30,31)/b21-13+. The normalized spacial score (nSPS) is 11.5. The molecule has 0 aliphatic heterocycles. The van der Waals surface area contributed by atoms with E-state index in [0.717, 1.165) is 16.7 Å². The van der Waals surface area contributed by atoms with E-state index in [1.165, 1.54) is 24.3 Å². The Labute approximate surface area is 219 Å². The maximum absolute atomic E-state index is 12.8. The number of carbonyl (C=O) groups is 1. The summed E-state index contributed by atoms with van der Waals surface area (Å²) in [5.41, 5.74) is 3.67. The predicted octanol–water partition coefficient (Wildman–Crippen LogP) is 6.09. The van der Waals surface area contributed by atoms with Gasteiger partial charge < -0.3 is 14.2 Å². The molecule has 1 amide bonds. The summed E-state index contributed by atoms with van der Waals surface area (Å²) in [6.45, 7) is 7.60. The second-order valence-electron chi connectivity index (χ2n) is 8.06. The molecule has 0 fully saturated rings. The number of nitrogens with zero attached hydrogens (tertiary/aromatic N) is 1. The third kappa shape index (κ3) is 6.53. The van der Waals surface area contributed by atoms with E-state index in [1.54, 1.807) is 25.1 Å². The molecule has 9 heteroatoms. The molecule has 0 aromatic heterocycles. The van der Waals surface area contributed by atoms with E-state index in [2.05, 4.69) is 21.2 Å². The van der Waals surface area contributed by atoms with Crippen LogP contribution in [0.2, 0.25) is 0 Å². The van der Waals surface area contributed by atoms with E-state index in [0.29, 0.717) is 11.3 Å². The zero-order chi connectivity index (χ0) is 26.5. The van der Waals surface area contributed by atoms with Crippen molar-refractivity contribution in [1.29, 1.82) is 5.26 Å². The number of rotatable bonds is 8. The molecule has 0 spiro atoms. The third-order valence-electron chi connectivity index (χ3n) is 5.15. The van der Waals surface area contributed by atoms with Crippen LogP contribution in [0.5, 0.6) is 11.5 Å². The summed E-state index contributed by atoms with van der Waals surface area (Å²) < 4.78 is 37.0. The summed E-state index contributed by atoms with van der Waals surface area (Å²) in [6.07, 6.45) is 1.39. The molecule has 3 rings (SSSR count). The molecule has 0 aliphatic rings. The lowest BCUT2D eigenvalue weighted by molar-refractivity contribution is -0.112. The fourth-order valence-corrected chi connectivity index (χ4v) is 4.86. The second kappa shape index (κ2) is 11.4. The van der Waals surface area contributed by atoms with Crippen molar-refractivity contribution in [2.75, 3.05) is 11.9 Å². The number of nitriles is 1. The lowest BCUT2D eigenvalue weighted by Gasteiger charge is -2.15. The number of hydrogen-bond donors (Lipinski definition) is 1. The monoisotopic (exact) mass is 568 g/mol. The fraction of sp³-hybridized carbons (Fsp3) is 0.185. The van der Waals surface area contributed by atoms with Crippen molar-refractivity contribution in [1.82, 2.24) is 0 Å². The van der Waals surface area contributed by atoms with E-state index in [4.69, 9.17) is 8.92 Å². The van der Waals surface area contributed by atoms with Gasteiger partial charge in [-0.25, -0.2) is 0 Å². The Morgan fingerprint density at radius 3 is 2.36 bits per heavy atom. The van der Waals surface area contributed by atoms with Crippen LogP contribution >= 0.6 is 15.9 Å². The van der Waals surface area contributed by atoms with Crippen LogP contribution in [0.15, 0.2) is 69.5 Å². The first kappa shape index (κ1) is 27.0. The van der Waals surface area contributed by atoms with E-state index in [-0.39, 0.29) is 33.0 Å². The molecular formula is C27H25BrN2O5S. The number of aryl methyl sites for hydroxylation is 3. The average Bonchev–Trinajstić information content (AvgIpc) is 2.82. The molecule has 0 unspecified atom stereocenters. The van der Waals surface area contributed by atoms with Crippen LogP contribution in [0.1, 0.15) is 29.2 Å². The van der Waals surface area contributed by atoms with Gasteiger partial charge in [0.15, 0.2) is 11.5 Å². The van der Waals surface area contributed by atoms with Crippen molar-refractivity contribution in [3.63, 3.8) is 0 Å². The number of hydrogen-bond acceptors (Lipinski definition) is 6. The van der Waals surface area contributed by atoms with Gasteiger partial charge in [-0.1, -0.05) is 29.8 Å². The number of nitrogens with one attached hydrogen (secondary N) is 1. The zero-order valence-electron chi connectivity index (χ0n) is 20.3. The molecule has 3 aromatic carbocycles. The number of halogens is 1. The van der Waals surface area contributed by atoms with Gasteiger partial charge in [-0.3, -0.25) is 4.79 Å². The van der Waals surface area contributed by atoms with Crippen molar-refractivity contribution in [3.8, 4) is 17.6 Å². The quantitative estimate of drug-likeness (QED) is 0.200. The summed E-state index contributed by atoms with van der Waals surface area (Å²) in [5.74, 6) is -0.462. The molecule has 0 saturated heterocycles. The molecule has 0 radical (unpaired) electrons. The predicted molar refractivity (Wildman–Crippen MR) is 142 cm³/mol. The molecular weight excluding hydrogens is 544 g/mol. The Morgan fingerprint density at radius 1 is 1.06 bits per heavy atom. The molecule has 186 valence electrons. The Morgan fingerprint density at radius 2 is 1.72 bits per heavy atom. The van der Waals surface area contributed by atoms with Crippen LogP contribution in [0.4, 0.5) is 5.69 Å². The highest BCUT2D eigenvalue weighted by Crippen LogP contribution is 2.39. The summed E-state index contributed by atoms with van der Waals surface area (Å²) >= 11 is 3.34. The van der Waals surface area contributed by atoms with Crippen LogP contribution in [0, 0.1) is 32.1 Å². The van der Waals surface area contributed by atoms with E-state index in [9.17, 15) is 18.5 Å². The molecule has 1 N–H and O–H groups in total. The van der Waals surface area contributed by atoms with E-state index >= 15 is 0 Å². The Bertz CT molecular complexity index is 1470. The average molecular weight is 569 g/mol. The molecule has 0 saturated carbocycles. The fourth-order valence-electron chi connectivity index (χ4n) is 3.25. The van der Waals surface area contributed by atoms with Crippen LogP contribution in [-0.4, -0.2) is 20.9 Å². The van der Waals surface area contributed by atoms with Crippen LogP contribution in [-0.2, 0) is 14.9 Å². The largest absolute Gasteiger partial charge is 0.490 e. The molecule has 7 nitrogen and oxygen atoms in total. The maximum atomic E-state index is 12.8. The van der Waals surface area contributed by atoms with Gasteiger partial charge in [0.05, 0.1) is 11.1 Å². The molecule has 0 atom stereocenters. The minimum atomic E-state index is -4.13. The van der Waals surface area contributed by atoms with Crippen LogP contribution in [0.3, 0.4) is 0 Å². The number of carbonyl (C=O) groups excluding carboxylic acids is 1. The first-order chi connectivity index (χ1) is 17.0. The van der Waals surface area contributed by atoms with Gasteiger partial charge >= 0.3 is 10.1 Å². The first-order valence-electron chi connectivity index (χ1n) is 11.0. The van der Waals surface area contributed by atoms with E-state index < -0.39 is 16.0 Å². The second-order valence-corrected chi connectivity index (χ2v) is 10.5. The number of amides is 1. The topological polar surface area (TPSA) is 105 Å². The molecule has 0 bridgehead atoms. The van der Waals surface area contributed by atoms with E-state index in [1.807, 2.05) is 45.0 Å². The van der Waals surface area contributed by atoms with Crippen molar-refractivity contribution >= 4 is 43.7 Å². The Balaban J connectivity index is 1.95. The molecule has 36 heavy (non-hydrogen) atoms. The van der Waals surface area contributed by atoms with Crippen LogP contribution < -0.4 is 14.2 Å². The maximum Gasteiger partial charge on any atom is 0.339 e.